The molecule has 2 saturated heterocycles. The smallest absolute Gasteiger partial charge is 0.410 e. The van der Waals surface area contributed by atoms with Crippen LogP contribution in [0.1, 0.15) is 49.9 Å². The number of likely N-dealkylation sites (tertiary alicyclic amines) is 1. The number of hydrogen-bond donors (Lipinski definition) is 0. The number of benzene rings is 1. The van der Waals surface area contributed by atoms with E-state index in [4.69, 9.17) is 4.74 Å². The quantitative estimate of drug-likeness (QED) is 0.818. The zero-order chi connectivity index (χ0) is 18.9. The van der Waals surface area contributed by atoms with E-state index in [1.165, 1.54) is 4.90 Å². The van der Waals surface area contributed by atoms with Crippen molar-refractivity contribution in [3.8, 4) is 0 Å². The molecule has 7 heteroatoms. The second-order valence-corrected chi connectivity index (χ2v) is 7.23. The molecule has 1 atom stereocenters. The second-order valence-electron chi connectivity index (χ2n) is 7.23. The summed E-state index contributed by atoms with van der Waals surface area (Å²) in [5.74, 6) is -1.91. The van der Waals surface area contributed by atoms with E-state index in [-0.39, 0.29) is 17.7 Å². The Morgan fingerprint density at radius 2 is 2.00 bits per heavy atom. The lowest BCUT2D eigenvalue weighted by atomic mass is 9.90. The number of nitrogens with zero attached hydrogens (tertiary/aromatic N) is 2. The number of carbonyl (C=O) groups excluding carboxylic acids is 2. The van der Waals surface area contributed by atoms with Gasteiger partial charge in [0.2, 0.25) is 0 Å². The number of carbonyl (C=O) groups is 2. The van der Waals surface area contributed by atoms with Crippen molar-refractivity contribution in [3.63, 3.8) is 0 Å². The molecule has 1 unspecified atom stereocenters. The molecule has 2 heterocycles. The molecular formula is C19H24F2N2O3. The van der Waals surface area contributed by atoms with Crippen molar-refractivity contribution in [1.29, 1.82) is 0 Å². The van der Waals surface area contributed by atoms with Crippen LogP contribution in [0.25, 0.3) is 0 Å². The van der Waals surface area contributed by atoms with Crippen LogP contribution in [0.15, 0.2) is 18.2 Å². The Hall–Kier alpha value is -2.18. The van der Waals surface area contributed by atoms with Gasteiger partial charge in [0.15, 0.2) is 0 Å². The summed E-state index contributed by atoms with van der Waals surface area (Å²) in [6.07, 6.45) is 2.59. The number of hydrogen-bond acceptors (Lipinski definition) is 3. The molecule has 142 valence electrons. The molecule has 5 nitrogen and oxygen atoms in total. The number of halogens is 2. The third kappa shape index (κ3) is 3.52. The van der Waals surface area contributed by atoms with Crippen molar-refractivity contribution < 1.29 is 23.1 Å². The molecule has 2 fully saturated rings. The molecule has 3 rings (SSSR count). The SMILES string of the molecule is CCCC(C)N1CC2(CCN(C(=O)c3cc(F)ccc3F)CC2)OC1=O. The van der Waals surface area contributed by atoms with Crippen LogP contribution in [-0.2, 0) is 4.74 Å². The summed E-state index contributed by atoms with van der Waals surface area (Å²) in [5.41, 5.74) is -0.848. The average molecular weight is 366 g/mol. The van der Waals surface area contributed by atoms with Gasteiger partial charge < -0.3 is 14.5 Å². The molecule has 0 N–H and O–H groups in total. The molecule has 2 aliphatic rings. The number of ether oxygens (including phenoxy) is 1. The zero-order valence-corrected chi connectivity index (χ0v) is 15.1. The Bertz CT molecular complexity index is 702. The van der Waals surface area contributed by atoms with Crippen LogP contribution in [0.4, 0.5) is 13.6 Å². The first-order chi connectivity index (χ1) is 12.3. The van der Waals surface area contributed by atoms with E-state index in [1.807, 2.05) is 6.92 Å². The summed E-state index contributed by atoms with van der Waals surface area (Å²) in [6, 6.07) is 2.99. The topological polar surface area (TPSA) is 49.9 Å². The minimum absolute atomic E-state index is 0.118. The molecule has 26 heavy (non-hydrogen) atoms. The summed E-state index contributed by atoms with van der Waals surface area (Å²) in [4.78, 5) is 28.0. The largest absolute Gasteiger partial charge is 0.441 e. The molecule has 2 amide bonds. The highest BCUT2D eigenvalue weighted by molar-refractivity contribution is 5.94. The summed E-state index contributed by atoms with van der Waals surface area (Å²) in [7, 11) is 0. The van der Waals surface area contributed by atoms with Crippen molar-refractivity contribution in [2.75, 3.05) is 19.6 Å². The lowest BCUT2D eigenvalue weighted by Crippen LogP contribution is -2.49. The Kier molecular flexibility index (Phi) is 5.16. The summed E-state index contributed by atoms with van der Waals surface area (Å²) >= 11 is 0. The Labute approximate surface area is 151 Å². The van der Waals surface area contributed by atoms with Gasteiger partial charge in [0, 0.05) is 32.0 Å². The van der Waals surface area contributed by atoms with Crippen LogP contribution in [0.3, 0.4) is 0 Å². The lowest BCUT2D eigenvalue weighted by Gasteiger charge is -2.37. The maximum absolute atomic E-state index is 13.8. The fraction of sp³-hybridized carbons (Fsp3) is 0.579. The fourth-order valence-electron chi connectivity index (χ4n) is 3.77. The standard InChI is InChI=1S/C19H24F2N2O3/c1-3-4-13(2)23-12-19(26-18(23)25)7-9-22(10-8-19)17(24)15-11-14(20)5-6-16(15)21/h5-6,11,13H,3-4,7-10,12H2,1-2H3. The highest BCUT2D eigenvalue weighted by Gasteiger charge is 2.48. The third-order valence-electron chi connectivity index (χ3n) is 5.36. The van der Waals surface area contributed by atoms with E-state index in [1.54, 1.807) is 4.90 Å². The van der Waals surface area contributed by atoms with Crippen LogP contribution in [0.5, 0.6) is 0 Å². The molecule has 0 radical (unpaired) electrons. The Morgan fingerprint density at radius 3 is 2.65 bits per heavy atom. The van der Waals surface area contributed by atoms with Gasteiger partial charge in [0.1, 0.15) is 17.2 Å². The molecule has 0 aliphatic carbocycles. The first-order valence-corrected chi connectivity index (χ1v) is 9.09. The van der Waals surface area contributed by atoms with E-state index < -0.39 is 23.1 Å². The highest BCUT2D eigenvalue weighted by atomic mass is 19.1. The van der Waals surface area contributed by atoms with Crippen LogP contribution in [0, 0.1) is 11.6 Å². The van der Waals surface area contributed by atoms with Crippen LogP contribution in [-0.4, -0.2) is 53.1 Å². The average Bonchev–Trinajstić information content (AvgIpc) is 2.93. The van der Waals surface area contributed by atoms with E-state index >= 15 is 0 Å². The van der Waals surface area contributed by atoms with E-state index in [2.05, 4.69) is 6.92 Å². The minimum Gasteiger partial charge on any atom is -0.441 e. The zero-order valence-electron chi connectivity index (χ0n) is 15.1. The predicted octanol–water partition coefficient (Wildman–Crippen LogP) is 3.58. The first kappa shape index (κ1) is 18.6. The summed E-state index contributed by atoms with van der Waals surface area (Å²) in [5, 5.41) is 0. The van der Waals surface area contributed by atoms with Gasteiger partial charge in [-0.05, 0) is 31.5 Å². The number of piperidine rings is 1. The normalized spacial score (nSPS) is 20.4. The van der Waals surface area contributed by atoms with Gasteiger partial charge in [0.25, 0.3) is 5.91 Å². The molecule has 1 aromatic rings. The van der Waals surface area contributed by atoms with Crippen LogP contribution < -0.4 is 0 Å². The van der Waals surface area contributed by atoms with Gasteiger partial charge in [-0.15, -0.1) is 0 Å². The lowest BCUT2D eigenvalue weighted by molar-refractivity contribution is 0.00294. The van der Waals surface area contributed by atoms with Gasteiger partial charge in [-0.25, -0.2) is 13.6 Å². The fourth-order valence-corrected chi connectivity index (χ4v) is 3.77. The van der Waals surface area contributed by atoms with Crippen LogP contribution in [0.2, 0.25) is 0 Å². The number of rotatable bonds is 4. The third-order valence-corrected chi connectivity index (χ3v) is 5.36. The predicted molar refractivity (Wildman–Crippen MR) is 91.8 cm³/mol. The van der Waals surface area contributed by atoms with Gasteiger partial charge in [0.05, 0.1) is 12.1 Å². The number of amides is 2. The van der Waals surface area contributed by atoms with E-state index in [9.17, 15) is 18.4 Å². The molecule has 1 aromatic carbocycles. The highest BCUT2D eigenvalue weighted by Crippen LogP contribution is 2.35. The molecular weight excluding hydrogens is 342 g/mol. The van der Waals surface area contributed by atoms with Gasteiger partial charge in [-0.3, -0.25) is 4.79 Å². The maximum atomic E-state index is 13.8. The second kappa shape index (κ2) is 7.21. The Balaban J connectivity index is 1.65. The summed E-state index contributed by atoms with van der Waals surface area (Å²) < 4.78 is 32.8. The van der Waals surface area contributed by atoms with Gasteiger partial charge in [-0.2, -0.15) is 0 Å². The van der Waals surface area contributed by atoms with Crippen LogP contribution >= 0.6 is 0 Å². The van der Waals surface area contributed by atoms with Crippen molar-refractivity contribution in [1.82, 2.24) is 9.80 Å². The molecule has 0 bridgehead atoms. The summed E-state index contributed by atoms with van der Waals surface area (Å²) in [6.45, 7) is 5.29. The first-order valence-electron chi connectivity index (χ1n) is 9.09. The Morgan fingerprint density at radius 1 is 1.31 bits per heavy atom. The minimum atomic E-state index is -0.733. The molecule has 1 spiro atoms. The van der Waals surface area contributed by atoms with E-state index in [0.29, 0.717) is 32.5 Å². The molecule has 2 aliphatic heterocycles. The van der Waals surface area contributed by atoms with Gasteiger partial charge in [-0.1, -0.05) is 13.3 Å². The molecule has 0 saturated carbocycles. The van der Waals surface area contributed by atoms with Crippen molar-refractivity contribution in [2.45, 2.75) is 51.2 Å². The van der Waals surface area contributed by atoms with E-state index in [0.717, 1.165) is 31.0 Å². The molecule has 0 aromatic heterocycles. The van der Waals surface area contributed by atoms with Crippen molar-refractivity contribution in [3.05, 3.63) is 35.4 Å². The van der Waals surface area contributed by atoms with Crippen molar-refractivity contribution >= 4 is 12.0 Å². The monoisotopic (exact) mass is 366 g/mol. The van der Waals surface area contributed by atoms with Crippen molar-refractivity contribution in [2.24, 2.45) is 0 Å². The maximum Gasteiger partial charge on any atom is 0.410 e. The van der Waals surface area contributed by atoms with Gasteiger partial charge >= 0.3 is 6.09 Å².